The van der Waals surface area contributed by atoms with Gasteiger partial charge in [0, 0.05) is 18.7 Å². The summed E-state index contributed by atoms with van der Waals surface area (Å²) in [4.78, 5) is 2.60. The molecule has 0 aliphatic heterocycles. The summed E-state index contributed by atoms with van der Waals surface area (Å²) in [6.45, 7) is 15.4. The van der Waals surface area contributed by atoms with Gasteiger partial charge in [-0.1, -0.05) is 34.6 Å². The number of likely N-dealkylation sites (N-methyl/N-ethyl adjacent to an activating group) is 1. The van der Waals surface area contributed by atoms with E-state index in [2.05, 4.69) is 44.8 Å². The van der Waals surface area contributed by atoms with Crippen molar-refractivity contribution >= 4 is 0 Å². The summed E-state index contributed by atoms with van der Waals surface area (Å²) < 4.78 is 5.46. The minimum absolute atomic E-state index is 0.217. The van der Waals surface area contributed by atoms with Crippen LogP contribution in [-0.4, -0.2) is 49.8 Å². The first-order chi connectivity index (χ1) is 8.66. The van der Waals surface area contributed by atoms with Gasteiger partial charge in [-0.25, -0.2) is 0 Å². The van der Waals surface area contributed by atoms with Crippen LogP contribution in [0.4, 0.5) is 0 Å². The van der Waals surface area contributed by atoms with Crippen molar-refractivity contribution in [2.24, 2.45) is 0 Å². The van der Waals surface area contributed by atoms with E-state index in [1.807, 2.05) is 0 Å². The Morgan fingerprint density at radius 1 is 1.06 bits per heavy atom. The third kappa shape index (κ3) is 4.22. The Morgan fingerprint density at radius 3 is 1.94 bits per heavy atom. The Labute approximate surface area is 114 Å². The highest BCUT2D eigenvalue weighted by Gasteiger charge is 2.39. The van der Waals surface area contributed by atoms with Crippen LogP contribution in [0.25, 0.3) is 0 Å². The molecule has 0 fully saturated rings. The first-order valence-corrected chi connectivity index (χ1v) is 7.63. The van der Waals surface area contributed by atoms with Gasteiger partial charge in [-0.3, -0.25) is 4.90 Å². The van der Waals surface area contributed by atoms with Crippen molar-refractivity contribution in [3.05, 3.63) is 0 Å². The van der Waals surface area contributed by atoms with Gasteiger partial charge in [0.15, 0.2) is 0 Å². The summed E-state index contributed by atoms with van der Waals surface area (Å²) in [5, 5.41) is 3.70. The van der Waals surface area contributed by atoms with Gasteiger partial charge in [-0.05, 0) is 38.9 Å². The average Bonchev–Trinajstić information content (AvgIpc) is 2.41. The number of nitrogens with zero attached hydrogens (tertiary/aromatic N) is 1. The lowest BCUT2D eigenvalue weighted by molar-refractivity contribution is 0.0156. The van der Waals surface area contributed by atoms with Crippen LogP contribution in [0, 0.1) is 0 Å². The van der Waals surface area contributed by atoms with E-state index in [0.717, 1.165) is 39.1 Å². The smallest absolute Gasteiger partial charge is 0.0633 e. The molecule has 18 heavy (non-hydrogen) atoms. The Balaban J connectivity index is 5.06. The van der Waals surface area contributed by atoms with Crippen molar-refractivity contribution in [3.8, 4) is 0 Å². The summed E-state index contributed by atoms with van der Waals surface area (Å²) >= 11 is 0. The molecule has 0 aliphatic rings. The summed E-state index contributed by atoms with van der Waals surface area (Å²) in [5.41, 5.74) is 0.217. The molecule has 0 radical (unpaired) electrons. The minimum Gasteiger partial charge on any atom is -0.383 e. The SMILES string of the molecule is CCCNC(COC)C(CC)(CC)N(CC)CC. The van der Waals surface area contributed by atoms with E-state index in [9.17, 15) is 0 Å². The van der Waals surface area contributed by atoms with Crippen LogP contribution in [0.5, 0.6) is 0 Å². The Hall–Kier alpha value is -0.120. The molecule has 3 heteroatoms. The van der Waals surface area contributed by atoms with Gasteiger partial charge < -0.3 is 10.1 Å². The molecule has 0 saturated carbocycles. The highest BCUT2D eigenvalue weighted by Crippen LogP contribution is 2.28. The van der Waals surface area contributed by atoms with E-state index in [4.69, 9.17) is 4.74 Å². The van der Waals surface area contributed by atoms with E-state index >= 15 is 0 Å². The molecule has 1 N–H and O–H groups in total. The van der Waals surface area contributed by atoms with Crippen molar-refractivity contribution in [2.45, 2.75) is 65.5 Å². The second-order valence-electron chi connectivity index (χ2n) is 4.95. The number of hydrogen-bond donors (Lipinski definition) is 1. The number of ether oxygens (including phenoxy) is 1. The maximum absolute atomic E-state index is 5.46. The van der Waals surface area contributed by atoms with Crippen LogP contribution >= 0.6 is 0 Å². The fourth-order valence-corrected chi connectivity index (χ4v) is 3.15. The van der Waals surface area contributed by atoms with E-state index in [1.54, 1.807) is 7.11 Å². The lowest BCUT2D eigenvalue weighted by Crippen LogP contribution is -2.62. The quantitative estimate of drug-likeness (QED) is 0.617. The zero-order valence-corrected chi connectivity index (χ0v) is 13.4. The first kappa shape index (κ1) is 17.9. The minimum atomic E-state index is 0.217. The summed E-state index contributed by atoms with van der Waals surface area (Å²) in [6.07, 6.45) is 3.49. The van der Waals surface area contributed by atoms with E-state index in [0.29, 0.717) is 6.04 Å². The lowest BCUT2D eigenvalue weighted by Gasteiger charge is -2.48. The molecule has 0 amide bonds. The normalized spacial score (nSPS) is 14.2. The van der Waals surface area contributed by atoms with Gasteiger partial charge >= 0.3 is 0 Å². The monoisotopic (exact) mass is 258 g/mol. The number of hydrogen-bond acceptors (Lipinski definition) is 3. The first-order valence-electron chi connectivity index (χ1n) is 7.63. The zero-order chi connectivity index (χ0) is 14.0. The molecule has 0 heterocycles. The Morgan fingerprint density at radius 2 is 1.61 bits per heavy atom. The lowest BCUT2D eigenvalue weighted by atomic mass is 9.82. The molecule has 110 valence electrons. The molecule has 0 aromatic rings. The van der Waals surface area contributed by atoms with Crippen LogP contribution in [-0.2, 0) is 4.74 Å². The molecule has 0 bridgehead atoms. The van der Waals surface area contributed by atoms with Crippen LogP contribution in [0.15, 0.2) is 0 Å². The average molecular weight is 258 g/mol. The van der Waals surface area contributed by atoms with E-state index < -0.39 is 0 Å². The van der Waals surface area contributed by atoms with E-state index in [1.165, 1.54) is 6.42 Å². The molecule has 0 spiro atoms. The van der Waals surface area contributed by atoms with Gasteiger partial charge in [0.2, 0.25) is 0 Å². The van der Waals surface area contributed by atoms with Crippen molar-refractivity contribution in [1.82, 2.24) is 10.2 Å². The number of methoxy groups -OCH3 is 1. The molecule has 0 rings (SSSR count). The Kier molecular flexibility index (Phi) is 9.70. The molecule has 0 saturated heterocycles. The van der Waals surface area contributed by atoms with Crippen LogP contribution in [0.2, 0.25) is 0 Å². The number of rotatable bonds is 11. The Bertz CT molecular complexity index is 189. The molecule has 3 nitrogen and oxygen atoms in total. The third-order valence-electron chi connectivity index (χ3n) is 4.24. The fourth-order valence-electron chi connectivity index (χ4n) is 3.15. The highest BCUT2D eigenvalue weighted by atomic mass is 16.5. The topological polar surface area (TPSA) is 24.5 Å². The summed E-state index contributed by atoms with van der Waals surface area (Å²) in [7, 11) is 1.80. The molecule has 1 unspecified atom stereocenters. The molecule has 0 aromatic heterocycles. The van der Waals surface area contributed by atoms with Crippen molar-refractivity contribution in [3.63, 3.8) is 0 Å². The van der Waals surface area contributed by atoms with Gasteiger partial charge in [0.1, 0.15) is 0 Å². The zero-order valence-electron chi connectivity index (χ0n) is 13.4. The molecule has 0 aromatic carbocycles. The predicted octanol–water partition coefficient (Wildman–Crippen LogP) is 2.90. The van der Waals surface area contributed by atoms with Gasteiger partial charge in [0.25, 0.3) is 0 Å². The number of nitrogens with one attached hydrogen (secondary N) is 1. The largest absolute Gasteiger partial charge is 0.383 e. The fraction of sp³-hybridized carbons (Fsp3) is 1.00. The van der Waals surface area contributed by atoms with Crippen LogP contribution < -0.4 is 5.32 Å². The third-order valence-corrected chi connectivity index (χ3v) is 4.24. The second kappa shape index (κ2) is 9.76. The standard InChI is InChI=1S/C15H34N2O/c1-7-12-16-14(13-18-6)15(8-2,9-3)17(10-4)11-5/h14,16H,7-13H2,1-6H3. The maximum atomic E-state index is 5.46. The highest BCUT2D eigenvalue weighted by molar-refractivity contribution is 4.98. The summed E-state index contributed by atoms with van der Waals surface area (Å²) in [6, 6.07) is 0.414. The van der Waals surface area contributed by atoms with Crippen molar-refractivity contribution in [1.29, 1.82) is 0 Å². The van der Waals surface area contributed by atoms with Gasteiger partial charge in [-0.15, -0.1) is 0 Å². The van der Waals surface area contributed by atoms with E-state index in [-0.39, 0.29) is 5.54 Å². The molecule has 1 atom stereocenters. The molecular weight excluding hydrogens is 224 g/mol. The summed E-state index contributed by atoms with van der Waals surface area (Å²) in [5.74, 6) is 0. The van der Waals surface area contributed by atoms with Crippen LogP contribution in [0.1, 0.15) is 53.9 Å². The van der Waals surface area contributed by atoms with Gasteiger partial charge in [0.05, 0.1) is 6.61 Å². The van der Waals surface area contributed by atoms with Gasteiger partial charge in [-0.2, -0.15) is 0 Å². The second-order valence-corrected chi connectivity index (χ2v) is 4.95. The van der Waals surface area contributed by atoms with Crippen molar-refractivity contribution < 1.29 is 4.74 Å². The van der Waals surface area contributed by atoms with Crippen LogP contribution in [0.3, 0.4) is 0 Å². The molecule has 0 aliphatic carbocycles. The maximum Gasteiger partial charge on any atom is 0.0633 e. The van der Waals surface area contributed by atoms with Crippen molar-refractivity contribution in [2.75, 3.05) is 33.4 Å². The predicted molar refractivity (Wildman–Crippen MR) is 80.2 cm³/mol. The molecular formula is C15H34N2O.